The van der Waals surface area contributed by atoms with Crippen LogP contribution in [0.25, 0.3) is 0 Å². The fourth-order valence-corrected chi connectivity index (χ4v) is 2.97. The molecular weight excluding hydrogens is 326 g/mol. The number of esters is 1. The molecule has 0 atom stereocenters. The van der Waals surface area contributed by atoms with E-state index in [1.165, 1.54) is 12.1 Å². The Hall–Kier alpha value is -2.64. The number of rotatable bonds is 5. The highest BCUT2D eigenvalue weighted by atomic mass is 16.6. The van der Waals surface area contributed by atoms with Crippen molar-refractivity contribution in [3.63, 3.8) is 0 Å². The van der Waals surface area contributed by atoms with Gasteiger partial charge in [0.15, 0.2) is 6.61 Å². The summed E-state index contributed by atoms with van der Waals surface area (Å²) in [6.07, 6.45) is 4.05. The van der Waals surface area contributed by atoms with E-state index in [0.717, 1.165) is 31.7 Å². The van der Waals surface area contributed by atoms with Crippen LogP contribution in [-0.4, -0.2) is 41.4 Å². The van der Waals surface area contributed by atoms with E-state index >= 15 is 0 Å². The normalized spacial score (nSPS) is 19.9. The Morgan fingerprint density at radius 1 is 1.32 bits per heavy atom. The third-order valence-electron chi connectivity index (χ3n) is 4.72. The van der Waals surface area contributed by atoms with E-state index in [1.54, 1.807) is 11.9 Å². The smallest absolute Gasteiger partial charge is 0.338 e. The van der Waals surface area contributed by atoms with Gasteiger partial charge in [0, 0.05) is 19.2 Å². The molecule has 25 heavy (non-hydrogen) atoms. The zero-order valence-electron chi connectivity index (χ0n) is 14.4. The first kappa shape index (κ1) is 18.7. The molecule has 0 aliphatic heterocycles. The molecule has 0 aromatic heterocycles. The number of hydrogen-bond donors (Lipinski definition) is 1. The topological polar surface area (TPSA) is 116 Å². The van der Waals surface area contributed by atoms with E-state index in [4.69, 9.17) is 10.5 Å². The molecule has 1 aromatic carbocycles. The van der Waals surface area contributed by atoms with E-state index < -0.39 is 10.9 Å². The highest BCUT2D eigenvalue weighted by Crippen LogP contribution is 2.26. The van der Waals surface area contributed by atoms with Gasteiger partial charge in [0.25, 0.3) is 11.6 Å². The number of anilines is 1. The van der Waals surface area contributed by atoms with Gasteiger partial charge in [0.05, 0.1) is 10.5 Å². The van der Waals surface area contributed by atoms with Crippen LogP contribution in [0.15, 0.2) is 18.2 Å². The minimum atomic E-state index is -0.790. The highest BCUT2D eigenvalue weighted by molar-refractivity contribution is 5.92. The van der Waals surface area contributed by atoms with Crippen molar-refractivity contribution in [2.75, 3.05) is 19.4 Å². The molecule has 0 radical (unpaired) electrons. The van der Waals surface area contributed by atoms with Gasteiger partial charge in [0.1, 0.15) is 5.69 Å². The predicted molar refractivity (Wildman–Crippen MR) is 92.0 cm³/mol. The van der Waals surface area contributed by atoms with Crippen LogP contribution >= 0.6 is 0 Å². The number of nitrogen functional groups attached to an aromatic ring is 1. The summed E-state index contributed by atoms with van der Waals surface area (Å²) in [5.74, 6) is -0.390. The molecule has 1 fully saturated rings. The molecule has 0 saturated heterocycles. The number of nitro benzene ring substituents is 1. The van der Waals surface area contributed by atoms with Crippen molar-refractivity contribution in [2.24, 2.45) is 5.92 Å². The number of ether oxygens (including phenoxy) is 1. The van der Waals surface area contributed by atoms with Gasteiger partial charge in [-0.3, -0.25) is 14.9 Å². The van der Waals surface area contributed by atoms with Gasteiger partial charge in [-0.1, -0.05) is 6.92 Å². The lowest BCUT2D eigenvalue weighted by molar-refractivity contribution is -0.383. The van der Waals surface area contributed by atoms with Crippen molar-refractivity contribution in [2.45, 2.75) is 38.6 Å². The second kappa shape index (κ2) is 7.96. The summed E-state index contributed by atoms with van der Waals surface area (Å²) in [6, 6.07) is 3.82. The maximum atomic E-state index is 12.2. The van der Waals surface area contributed by atoms with Gasteiger partial charge in [-0.2, -0.15) is 0 Å². The SMILES string of the molecule is CC1CCC(N(C)C(=O)COC(=O)c2ccc(N)c([N+](=O)[O-])c2)CC1. The molecule has 8 nitrogen and oxygen atoms in total. The third kappa shape index (κ3) is 4.68. The van der Waals surface area contributed by atoms with Gasteiger partial charge in [-0.15, -0.1) is 0 Å². The average Bonchev–Trinajstić information content (AvgIpc) is 2.59. The quantitative estimate of drug-likeness (QED) is 0.377. The van der Waals surface area contributed by atoms with Crippen LogP contribution < -0.4 is 5.73 Å². The van der Waals surface area contributed by atoms with Crippen molar-refractivity contribution >= 4 is 23.3 Å². The summed E-state index contributed by atoms with van der Waals surface area (Å²) in [4.78, 5) is 36.1. The van der Waals surface area contributed by atoms with E-state index in [2.05, 4.69) is 6.92 Å². The van der Waals surface area contributed by atoms with Gasteiger partial charge in [0.2, 0.25) is 0 Å². The minimum Gasteiger partial charge on any atom is -0.452 e. The van der Waals surface area contributed by atoms with Crippen LogP contribution in [0, 0.1) is 16.0 Å². The van der Waals surface area contributed by atoms with Crippen LogP contribution in [0.1, 0.15) is 43.0 Å². The van der Waals surface area contributed by atoms with Crippen LogP contribution in [-0.2, 0) is 9.53 Å². The van der Waals surface area contributed by atoms with Gasteiger partial charge in [-0.25, -0.2) is 4.79 Å². The van der Waals surface area contributed by atoms with Gasteiger partial charge < -0.3 is 15.4 Å². The van der Waals surface area contributed by atoms with Crippen molar-refractivity contribution in [1.29, 1.82) is 0 Å². The third-order valence-corrected chi connectivity index (χ3v) is 4.72. The summed E-state index contributed by atoms with van der Waals surface area (Å²) in [5, 5.41) is 10.9. The number of amides is 1. The van der Waals surface area contributed by atoms with Crippen molar-refractivity contribution in [1.82, 2.24) is 4.90 Å². The highest BCUT2D eigenvalue weighted by Gasteiger charge is 2.25. The first-order chi connectivity index (χ1) is 11.8. The van der Waals surface area contributed by atoms with E-state index in [1.807, 2.05) is 0 Å². The Balaban J connectivity index is 1.92. The van der Waals surface area contributed by atoms with Gasteiger partial charge >= 0.3 is 5.97 Å². The fraction of sp³-hybridized carbons (Fsp3) is 0.529. The summed E-state index contributed by atoms with van der Waals surface area (Å²) >= 11 is 0. The molecule has 2 rings (SSSR count). The Kier molecular flexibility index (Phi) is 5.95. The molecule has 0 spiro atoms. The van der Waals surface area contributed by atoms with Crippen molar-refractivity contribution < 1.29 is 19.2 Å². The predicted octanol–water partition coefficient (Wildman–Crippen LogP) is 2.37. The molecule has 2 N–H and O–H groups in total. The molecule has 136 valence electrons. The van der Waals surface area contributed by atoms with Crippen molar-refractivity contribution in [3.8, 4) is 0 Å². The number of nitro groups is 1. The Morgan fingerprint density at radius 3 is 2.56 bits per heavy atom. The molecule has 1 aliphatic carbocycles. The first-order valence-corrected chi connectivity index (χ1v) is 8.26. The fourth-order valence-electron chi connectivity index (χ4n) is 2.97. The van der Waals surface area contributed by atoms with Crippen LogP contribution in [0.4, 0.5) is 11.4 Å². The molecule has 0 heterocycles. The summed E-state index contributed by atoms with van der Waals surface area (Å²) < 4.78 is 5.00. The van der Waals surface area contributed by atoms with E-state index in [-0.39, 0.29) is 35.5 Å². The zero-order valence-corrected chi connectivity index (χ0v) is 14.4. The summed E-state index contributed by atoms with van der Waals surface area (Å²) in [6.45, 7) is 1.81. The lowest BCUT2D eigenvalue weighted by Gasteiger charge is -2.33. The van der Waals surface area contributed by atoms with E-state index in [9.17, 15) is 19.7 Å². The molecule has 1 amide bonds. The second-order valence-electron chi connectivity index (χ2n) is 6.53. The van der Waals surface area contributed by atoms with E-state index in [0.29, 0.717) is 5.92 Å². The molecular formula is C17H23N3O5. The summed E-state index contributed by atoms with van der Waals surface area (Å²) in [5.41, 5.74) is 5.07. The minimum absolute atomic E-state index is 0.0113. The number of hydrogen-bond acceptors (Lipinski definition) is 6. The van der Waals surface area contributed by atoms with Gasteiger partial charge in [-0.05, 0) is 43.7 Å². The Labute approximate surface area is 146 Å². The second-order valence-corrected chi connectivity index (χ2v) is 6.53. The maximum absolute atomic E-state index is 12.2. The molecule has 0 bridgehead atoms. The standard InChI is InChI=1S/C17H23N3O5/c1-11-3-6-13(7-4-11)19(2)16(21)10-25-17(22)12-5-8-14(18)15(9-12)20(23)24/h5,8-9,11,13H,3-4,6-7,10,18H2,1-2H3. The van der Waals surface area contributed by atoms with Crippen LogP contribution in [0.3, 0.4) is 0 Å². The maximum Gasteiger partial charge on any atom is 0.338 e. The number of nitrogens with two attached hydrogens (primary N) is 1. The lowest BCUT2D eigenvalue weighted by Crippen LogP contribution is -2.41. The summed E-state index contributed by atoms with van der Waals surface area (Å²) in [7, 11) is 1.71. The lowest BCUT2D eigenvalue weighted by atomic mass is 9.87. The zero-order chi connectivity index (χ0) is 18.6. The first-order valence-electron chi connectivity index (χ1n) is 8.26. The van der Waals surface area contributed by atoms with Crippen LogP contribution in [0.5, 0.6) is 0 Å². The molecule has 8 heteroatoms. The number of likely N-dealkylation sites (N-methyl/N-ethyl adjacent to an activating group) is 1. The molecule has 1 aromatic rings. The molecule has 1 aliphatic rings. The Bertz CT molecular complexity index is 668. The number of nitrogens with zero attached hydrogens (tertiary/aromatic N) is 2. The number of carbonyl (C=O) groups excluding carboxylic acids is 2. The monoisotopic (exact) mass is 349 g/mol. The molecule has 0 unspecified atom stereocenters. The van der Waals surface area contributed by atoms with Crippen molar-refractivity contribution in [3.05, 3.63) is 33.9 Å². The number of benzene rings is 1. The largest absolute Gasteiger partial charge is 0.452 e. The van der Waals surface area contributed by atoms with Crippen LogP contribution in [0.2, 0.25) is 0 Å². The molecule has 1 saturated carbocycles. The number of carbonyl (C=O) groups is 2. The Morgan fingerprint density at radius 2 is 1.96 bits per heavy atom. The average molecular weight is 349 g/mol.